The number of hydrogen-bond donors (Lipinski definition) is 1. The molecule has 2 rings (SSSR count). The highest BCUT2D eigenvalue weighted by Crippen LogP contribution is 2.20. The highest BCUT2D eigenvalue weighted by atomic mass is 35.5. The summed E-state index contributed by atoms with van der Waals surface area (Å²) in [5, 5.41) is 11.6. The van der Waals surface area contributed by atoms with Crippen LogP contribution in [0, 0.1) is 17.1 Å². The van der Waals surface area contributed by atoms with Gasteiger partial charge in [-0.1, -0.05) is 48.0 Å². The van der Waals surface area contributed by atoms with Gasteiger partial charge in [-0.3, -0.25) is 4.79 Å². The standard InChI is InChI=1S/C15H10ClFN2O/c16-11-7-4-8-12(17)14(11)15(20)19-13(9-18)10-5-2-1-3-6-10/h1-8,13H,(H,19,20). The number of hydrogen-bond acceptors (Lipinski definition) is 2. The Labute approximate surface area is 120 Å². The fraction of sp³-hybridized carbons (Fsp3) is 0.0667. The summed E-state index contributed by atoms with van der Waals surface area (Å²) in [4.78, 5) is 12.0. The van der Waals surface area contributed by atoms with Crippen LogP contribution in [0.4, 0.5) is 4.39 Å². The van der Waals surface area contributed by atoms with Gasteiger partial charge in [-0.15, -0.1) is 0 Å². The summed E-state index contributed by atoms with van der Waals surface area (Å²) in [5.41, 5.74) is 0.362. The van der Waals surface area contributed by atoms with Crippen LogP contribution in [0.2, 0.25) is 5.02 Å². The second-order valence-electron chi connectivity index (χ2n) is 4.04. The molecule has 0 saturated heterocycles. The van der Waals surface area contributed by atoms with Gasteiger partial charge in [-0.25, -0.2) is 4.39 Å². The number of carbonyl (C=O) groups is 1. The molecule has 2 aromatic carbocycles. The highest BCUT2D eigenvalue weighted by molar-refractivity contribution is 6.33. The first-order chi connectivity index (χ1) is 9.63. The number of rotatable bonds is 3. The molecule has 20 heavy (non-hydrogen) atoms. The minimum absolute atomic E-state index is 0.00671. The van der Waals surface area contributed by atoms with E-state index >= 15 is 0 Å². The van der Waals surface area contributed by atoms with Gasteiger partial charge in [0.15, 0.2) is 0 Å². The van der Waals surface area contributed by atoms with Crippen LogP contribution in [0.1, 0.15) is 22.0 Å². The van der Waals surface area contributed by atoms with Crippen LogP contribution in [-0.4, -0.2) is 5.91 Å². The number of halogens is 2. The summed E-state index contributed by atoms with van der Waals surface area (Å²) < 4.78 is 13.6. The van der Waals surface area contributed by atoms with Crippen molar-refractivity contribution in [2.24, 2.45) is 0 Å². The van der Waals surface area contributed by atoms with E-state index in [9.17, 15) is 9.18 Å². The van der Waals surface area contributed by atoms with Gasteiger partial charge in [-0.2, -0.15) is 5.26 Å². The van der Waals surface area contributed by atoms with E-state index in [1.165, 1.54) is 12.1 Å². The number of nitrogens with one attached hydrogen (secondary N) is 1. The van der Waals surface area contributed by atoms with Crippen molar-refractivity contribution in [3.63, 3.8) is 0 Å². The summed E-state index contributed by atoms with van der Waals surface area (Å²) in [6.45, 7) is 0. The molecule has 1 amide bonds. The summed E-state index contributed by atoms with van der Waals surface area (Å²) in [6, 6.07) is 13.8. The van der Waals surface area contributed by atoms with E-state index in [-0.39, 0.29) is 10.6 Å². The molecule has 1 atom stereocenters. The number of nitrogens with zero attached hydrogens (tertiary/aromatic N) is 1. The lowest BCUT2D eigenvalue weighted by molar-refractivity contribution is 0.0941. The van der Waals surface area contributed by atoms with Crippen molar-refractivity contribution >= 4 is 17.5 Å². The maximum Gasteiger partial charge on any atom is 0.257 e. The molecule has 0 aliphatic heterocycles. The van der Waals surface area contributed by atoms with E-state index < -0.39 is 17.8 Å². The van der Waals surface area contributed by atoms with Crippen LogP contribution < -0.4 is 5.32 Å². The third-order valence-electron chi connectivity index (χ3n) is 2.73. The molecule has 0 radical (unpaired) electrons. The highest BCUT2D eigenvalue weighted by Gasteiger charge is 2.20. The number of benzene rings is 2. The molecule has 0 bridgehead atoms. The number of nitriles is 1. The van der Waals surface area contributed by atoms with Gasteiger partial charge in [0.05, 0.1) is 16.7 Å². The Kier molecular flexibility index (Phi) is 4.34. The van der Waals surface area contributed by atoms with Crippen LogP contribution >= 0.6 is 11.6 Å². The molecule has 100 valence electrons. The predicted octanol–water partition coefficient (Wildman–Crippen LogP) is 3.47. The summed E-state index contributed by atoms with van der Waals surface area (Å²) in [5.74, 6) is -1.44. The smallest absolute Gasteiger partial charge is 0.257 e. The Morgan fingerprint density at radius 1 is 1.20 bits per heavy atom. The first-order valence-corrected chi connectivity index (χ1v) is 6.20. The van der Waals surface area contributed by atoms with Crippen molar-refractivity contribution in [1.82, 2.24) is 5.32 Å². The Morgan fingerprint density at radius 2 is 1.90 bits per heavy atom. The van der Waals surface area contributed by atoms with Gasteiger partial charge < -0.3 is 5.32 Å². The SMILES string of the molecule is N#CC(NC(=O)c1c(F)cccc1Cl)c1ccccc1. The van der Waals surface area contributed by atoms with Gasteiger partial charge in [0, 0.05) is 0 Å². The predicted molar refractivity (Wildman–Crippen MR) is 73.7 cm³/mol. The maximum atomic E-state index is 13.6. The molecule has 2 aromatic rings. The molecule has 0 saturated carbocycles. The monoisotopic (exact) mass is 288 g/mol. The molecule has 0 aromatic heterocycles. The fourth-order valence-corrected chi connectivity index (χ4v) is 2.00. The Morgan fingerprint density at radius 3 is 2.50 bits per heavy atom. The largest absolute Gasteiger partial charge is 0.332 e. The summed E-state index contributed by atoms with van der Waals surface area (Å²) in [7, 11) is 0. The summed E-state index contributed by atoms with van der Waals surface area (Å²) >= 11 is 5.81. The quantitative estimate of drug-likeness (QED) is 0.940. The Balaban J connectivity index is 2.25. The van der Waals surface area contributed by atoms with Crippen LogP contribution in [0.25, 0.3) is 0 Å². The molecule has 5 heteroatoms. The topological polar surface area (TPSA) is 52.9 Å². The van der Waals surface area contributed by atoms with Gasteiger partial charge in [0.1, 0.15) is 11.9 Å². The van der Waals surface area contributed by atoms with Crippen molar-refractivity contribution in [3.8, 4) is 6.07 Å². The molecule has 1 N–H and O–H groups in total. The lowest BCUT2D eigenvalue weighted by Gasteiger charge is -2.13. The zero-order chi connectivity index (χ0) is 14.5. The molecule has 3 nitrogen and oxygen atoms in total. The maximum absolute atomic E-state index is 13.6. The molecule has 0 aliphatic carbocycles. The Bertz CT molecular complexity index is 647. The molecular weight excluding hydrogens is 279 g/mol. The van der Waals surface area contributed by atoms with E-state index in [0.717, 1.165) is 6.07 Å². The third kappa shape index (κ3) is 2.95. The molecule has 0 spiro atoms. The lowest BCUT2D eigenvalue weighted by Crippen LogP contribution is -2.28. The average molecular weight is 289 g/mol. The molecule has 0 heterocycles. The lowest BCUT2D eigenvalue weighted by atomic mass is 10.1. The number of amides is 1. The van der Waals surface area contributed by atoms with E-state index in [2.05, 4.69) is 5.32 Å². The number of carbonyl (C=O) groups excluding carboxylic acids is 1. The normalized spacial score (nSPS) is 11.4. The Hall–Kier alpha value is -2.38. The average Bonchev–Trinajstić information content (AvgIpc) is 2.45. The third-order valence-corrected chi connectivity index (χ3v) is 3.04. The van der Waals surface area contributed by atoms with Gasteiger partial charge >= 0.3 is 0 Å². The van der Waals surface area contributed by atoms with Gasteiger partial charge in [0.25, 0.3) is 5.91 Å². The molecule has 1 unspecified atom stereocenters. The van der Waals surface area contributed by atoms with Crippen LogP contribution in [0.15, 0.2) is 48.5 Å². The molecule has 0 aliphatic rings. The second-order valence-corrected chi connectivity index (χ2v) is 4.45. The van der Waals surface area contributed by atoms with E-state index in [4.69, 9.17) is 16.9 Å². The first kappa shape index (κ1) is 14.0. The second kappa shape index (κ2) is 6.18. The van der Waals surface area contributed by atoms with E-state index in [0.29, 0.717) is 5.56 Å². The minimum atomic E-state index is -0.862. The van der Waals surface area contributed by atoms with E-state index in [1.54, 1.807) is 30.3 Å². The van der Waals surface area contributed by atoms with Crippen molar-refractivity contribution in [2.45, 2.75) is 6.04 Å². The van der Waals surface area contributed by atoms with Crippen molar-refractivity contribution < 1.29 is 9.18 Å². The minimum Gasteiger partial charge on any atom is -0.332 e. The van der Waals surface area contributed by atoms with Crippen molar-refractivity contribution in [1.29, 1.82) is 5.26 Å². The van der Waals surface area contributed by atoms with Gasteiger partial charge in [0.2, 0.25) is 0 Å². The van der Waals surface area contributed by atoms with Crippen LogP contribution in [0.5, 0.6) is 0 Å². The van der Waals surface area contributed by atoms with E-state index in [1.807, 2.05) is 6.07 Å². The fourth-order valence-electron chi connectivity index (χ4n) is 1.75. The molecular formula is C15H10ClFN2O. The van der Waals surface area contributed by atoms with Crippen LogP contribution in [0.3, 0.4) is 0 Å². The summed E-state index contributed by atoms with van der Waals surface area (Å²) in [6.07, 6.45) is 0. The first-order valence-electron chi connectivity index (χ1n) is 5.83. The molecule has 0 fully saturated rings. The van der Waals surface area contributed by atoms with Gasteiger partial charge in [-0.05, 0) is 17.7 Å². The zero-order valence-electron chi connectivity index (χ0n) is 10.3. The van der Waals surface area contributed by atoms with Crippen molar-refractivity contribution in [3.05, 3.63) is 70.5 Å². The van der Waals surface area contributed by atoms with Crippen LogP contribution in [-0.2, 0) is 0 Å². The zero-order valence-corrected chi connectivity index (χ0v) is 11.1. The van der Waals surface area contributed by atoms with Crippen molar-refractivity contribution in [2.75, 3.05) is 0 Å².